The molecule has 7 aromatic carbocycles. The molecule has 0 radical (unpaired) electrons. The zero-order valence-corrected chi connectivity index (χ0v) is 27.4. The first-order valence-corrected chi connectivity index (χ1v) is 17.3. The maximum Gasteiger partial charge on any atom is 0.138 e. The van der Waals surface area contributed by atoms with Gasteiger partial charge in [0.25, 0.3) is 0 Å². The summed E-state index contributed by atoms with van der Waals surface area (Å²) >= 11 is 0. The average Bonchev–Trinajstić information content (AvgIpc) is 3.71. The molecule has 0 saturated heterocycles. The Kier molecular flexibility index (Phi) is 6.60. The van der Waals surface area contributed by atoms with Crippen LogP contribution in [-0.4, -0.2) is 9.55 Å². The van der Waals surface area contributed by atoms with Gasteiger partial charge in [0.1, 0.15) is 5.82 Å². The van der Waals surface area contributed by atoms with E-state index in [0.29, 0.717) is 0 Å². The molecule has 1 aliphatic rings. The number of benzene rings is 7. The number of para-hydroxylation sites is 2. The highest BCUT2D eigenvalue weighted by molar-refractivity contribution is 6.14. The molecular formula is C48H32N2. The van der Waals surface area contributed by atoms with Crippen molar-refractivity contribution in [3.05, 3.63) is 205 Å². The Morgan fingerprint density at radius 1 is 0.400 bits per heavy atom. The van der Waals surface area contributed by atoms with Crippen molar-refractivity contribution in [1.29, 1.82) is 0 Å². The van der Waals surface area contributed by atoms with Gasteiger partial charge in [-0.05, 0) is 68.8 Å². The van der Waals surface area contributed by atoms with E-state index in [1.807, 2.05) is 0 Å². The Morgan fingerprint density at radius 2 is 1.04 bits per heavy atom. The lowest BCUT2D eigenvalue weighted by Gasteiger charge is -2.16. The number of pyridine rings is 1. The summed E-state index contributed by atoms with van der Waals surface area (Å²) in [5.41, 5.74) is 15.7. The summed E-state index contributed by atoms with van der Waals surface area (Å²) in [7, 11) is 0. The molecule has 0 N–H and O–H groups in total. The fraction of sp³-hybridized carbons (Fsp3) is 0.0208. The highest BCUT2D eigenvalue weighted by atomic mass is 15.1. The highest BCUT2D eigenvalue weighted by Crippen LogP contribution is 2.49. The zero-order chi connectivity index (χ0) is 33.0. The Bertz CT molecular complexity index is 2630. The summed E-state index contributed by atoms with van der Waals surface area (Å²) in [6.45, 7) is 0. The summed E-state index contributed by atoms with van der Waals surface area (Å²) in [5.74, 6) is 1.12. The van der Waals surface area contributed by atoms with Crippen LogP contribution in [0.25, 0.3) is 72.3 Å². The van der Waals surface area contributed by atoms with Gasteiger partial charge in [0.15, 0.2) is 0 Å². The second-order valence-corrected chi connectivity index (χ2v) is 13.1. The third-order valence-electron chi connectivity index (χ3n) is 10.3. The van der Waals surface area contributed by atoms with Crippen LogP contribution in [0.2, 0.25) is 0 Å². The van der Waals surface area contributed by atoms with Gasteiger partial charge in [0.05, 0.1) is 16.7 Å². The van der Waals surface area contributed by atoms with Crippen molar-refractivity contribution in [3.63, 3.8) is 0 Å². The van der Waals surface area contributed by atoms with Crippen LogP contribution in [0.1, 0.15) is 22.6 Å². The molecule has 0 saturated carbocycles. The molecule has 2 heteroatoms. The van der Waals surface area contributed by atoms with Gasteiger partial charge in [-0.1, -0.05) is 164 Å². The van der Waals surface area contributed by atoms with Crippen LogP contribution in [0.5, 0.6) is 0 Å². The van der Waals surface area contributed by atoms with Gasteiger partial charge in [-0.25, -0.2) is 4.98 Å². The maximum atomic E-state index is 5.40. The van der Waals surface area contributed by atoms with Gasteiger partial charge < -0.3 is 0 Å². The summed E-state index contributed by atoms with van der Waals surface area (Å²) in [4.78, 5) is 5.40. The van der Waals surface area contributed by atoms with Gasteiger partial charge in [-0.15, -0.1) is 0 Å². The molecule has 0 spiro atoms. The van der Waals surface area contributed by atoms with Crippen LogP contribution in [-0.2, 0) is 0 Å². The van der Waals surface area contributed by atoms with Gasteiger partial charge in [0, 0.05) is 27.8 Å². The number of nitrogens with zero attached hydrogens (tertiary/aromatic N) is 2. The molecule has 2 nitrogen and oxygen atoms in total. The minimum Gasteiger partial charge on any atom is -0.293 e. The second-order valence-electron chi connectivity index (χ2n) is 13.1. The summed E-state index contributed by atoms with van der Waals surface area (Å²) in [6, 6.07) is 67.9. The standard InChI is InChI=1S/C48H32N2/c1-4-15-32(16-5-1)36-30-44(33-17-6-2-7-18-33)49-46(31-36)50-45-26-13-12-22-39(45)42-25-14-24-37(48(42)50)35-27-28-41-43(29-35)38-21-10-11-23-40(38)47(41)34-19-8-3-9-20-34/h1-31,47H. The van der Waals surface area contributed by atoms with Crippen molar-refractivity contribution >= 4 is 21.8 Å². The van der Waals surface area contributed by atoms with E-state index in [-0.39, 0.29) is 5.92 Å². The number of hydrogen-bond donors (Lipinski definition) is 0. The van der Waals surface area contributed by atoms with Crippen LogP contribution in [0.15, 0.2) is 188 Å². The summed E-state index contributed by atoms with van der Waals surface area (Å²) in [6.07, 6.45) is 0. The van der Waals surface area contributed by atoms with Gasteiger partial charge in [-0.2, -0.15) is 0 Å². The molecule has 50 heavy (non-hydrogen) atoms. The van der Waals surface area contributed by atoms with E-state index in [0.717, 1.165) is 33.7 Å². The number of aromatic nitrogens is 2. The predicted octanol–water partition coefficient (Wildman–Crippen LogP) is 12.3. The molecule has 1 unspecified atom stereocenters. The first-order valence-electron chi connectivity index (χ1n) is 17.3. The molecule has 10 rings (SSSR count). The van der Waals surface area contributed by atoms with Crippen LogP contribution in [0, 0.1) is 0 Å². The minimum absolute atomic E-state index is 0.222. The van der Waals surface area contributed by atoms with E-state index in [9.17, 15) is 0 Å². The third-order valence-corrected chi connectivity index (χ3v) is 10.3. The van der Waals surface area contributed by atoms with E-state index in [2.05, 4.69) is 193 Å². The zero-order valence-electron chi connectivity index (χ0n) is 27.4. The molecule has 1 atom stereocenters. The van der Waals surface area contributed by atoms with Gasteiger partial charge in [-0.3, -0.25) is 4.57 Å². The van der Waals surface area contributed by atoms with Crippen molar-refractivity contribution in [2.24, 2.45) is 0 Å². The van der Waals surface area contributed by atoms with Gasteiger partial charge >= 0.3 is 0 Å². The molecule has 2 aromatic heterocycles. The largest absolute Gasteiger partial charge is 0.293 e. The monoisotopic (exact) mass is 636 g/mol. The first kappa shape index (κ1) is 28.5. The summed E-state index contributed by atoms with van der Waals surface area (Å²) in [5, 5.41) is 2.43. The van der Waals surface area contributed by atoms with Crippen molar-refractivity contribution in [1.82, 2.24) is 9.55 Å². The SMILES string of the molecule is c1ccc(-c2cc(-c3ccccc3)nc(-n3c4ccccc4c4cccc(-c5ccc6c(c5)-c5ccccc5C6c5ccccc5)c43)c2)cc1. The smallest absolute Gasteiger partial charge is 0.138 e. The molecule has 0 fully saturated rings. The lowest BCUT2D eigenvalue weighted by Crippen LogP contribution is -2.01. The van der Waals surface area contributed by atoms with Crippen molar-refractivity contribution < 1.29 is 0 Å². The van der Waals surface area contributed by atoms with Crippen LogP contribution >= 0.6 is 0 Å². The maximum absolute atomic E-state index is 5.40. The molecule has 234 valence electrons. The highest BCUT2D eigenvalue weighted by Gasteiger charge is 2.30. The Hall–Kier alpha value is -6.51. The average molecular weight is 637 g/mol. The fourth-order valence-corrected chi connectivity index (χ4v) is 8.05. The molecule has 0 aliphatic heterocycles. The lowest BCUT2D eigenvalue weighted by molar-refractivity contribution is 1.02. The first-order chi connectivity index (χ1) is 24.8. The van der Waals surface area contributed by atoms with E-state index in [1.54, 1.807) is 0 Å². The Morgan fingerprint density at radius 3 is 1.86 bits per heavy atom. The quantitative estimate of drug-likeness (QED) is 0.184. The predicted molar refractivity (Wildman–Crippen MR) is 208 cm³/mol. The van der Waals surface area contributed by atoms with E-state index < -0.39 is 0 Å². The van der Waals surface area contributed by atoms with Crippen molar-refractivity contribution in [3.8, 4) is 50.5 Å². The Balaban J connectivity index is 1.23. The summed E-state index contributed by atoms with van der Waals surface area (Å²) < 4.78 is 2.38. The molecule has 1 aliphatic carbocycles. The normalized spacial score (nSPS) is 13.4. The van der Waals surface area contributed by atoms with Crippen LogP contribution in [0.3, 0.4) is 0 Å². The fourth-order valence-electron chi connectivity index (χ4n) is 8.05. The second kappa shape index (κ2) is 11.6. The molecule has 2 heterocycles. The topological polar surface area (TPSA) is 17.8 Å². The number of rotatable bonds is 5. The Labute approximate surface area is 291 Å². The van der Waals surface area contributed by atoms with Crippen LogP contribution < -0.4 is 0 Å². The molecule has 0 amide bonds. The van der Waals surface area contributed by atoms with Gasteiger partial charge in [0.2, 0.25) is 0 Å². The molecule has 9 aromatic rings. The number of hydrogen-bond acceptors (Lipinski definition) is 1. The number of fused-ring (bicyclic) bond motifs is 6. The van der Waals surface area contributed by atoms with Crippen molar-refractivity contribution in [2.45, 2.75) is 5.92 Å². The van der Waals surface area contributed by atoms with E-state index in [4.69, 9.17) is 4.98 Å². The van der Waals surface area contributed by atoms with E-state index >= 15 is 0 Å². The molecular weight excluding hydrogens is 605 g/mol. The molecule has 0 bridgehead atoms. The lowest BCUT2D eigenvalue weighted by atomic mass is 9.89. The minimum atomic E-state index is 0.222. The third kappa shape index (κ3) is 4.53. The van der Waals surface area contributed by atoms with Crippen LogP contribution in [0.4, 0.5) is 0 Å². The van der Waals surface area contributed by atoms with E-state index in [1.165, 1.54) is 55.3 Å². The van der Waals surface area contributed by atoms with Crippen molar-refractivity contribution in [2.75, 3.05) is 0 Å².